The molecule has 0 aliphatic rings. The molecule has 0 rings (SSSR count). The van der Waals surface area contributed by atoms with Crippen molar-refractivity contribution in [3.63, 3.8) is 0 Å². The molecule has 0 aliphatic heterocycles. The minimum absolute atomic E-state index is 0. The molecule has 0 saturated carbocycles. The quantitative estimate of drug-likeness (QED) is 0.468. The van der Waals surface area contributed by atoms with Crippen molar-refractivity contribution in [2.75, 3.05) is 26.0 Å². The molecule has 112 valence electrons. The van der Waals surface area contributed by atoms with Crippen LogP contribution >= 0.6 is 0 Å². The van der Waals surface area contributed by atoms with Crippen LogP contribution in [-0.2, 0) is 0 Å². The minimum Gasteiger partial charge on any atom is -1.00 e. The Morgan fingerprint density at radius 3 is 1.17 bits per heavy atom. The summed E-state index contributed by atoms with van der Waals surface area (Å²) < 4.78 is 286. The molecular weight excluding hydrogens is 286 g/mol. The second-order valence-electron chi connectivity index (χ2n) is 2.12. The molecule has 0 bridgehead atoms. The Labute approximate surface area is 177 Å². The SMILES string of the molecule is [2H]C([2H])([2H])C([2H])([2H])C([2H])([2H])C([2H])([2H])[N+](C([2H])([2H])C([2H])([2H])C([2H])([2H])C([2H])([2H])[2H])(C([2H])([2H])C([2H])([2H])C([2H])([2H])C([2H])([2H])[2H])C([2H])([2H])C([2H])([2H])C([2H])([2H])C([2H])([2H])[2H].[Br-]. The molecule has 0 amide bonds. The number of quaternary nitrogens is 1. The van der Waals surface area contributed by atoms with E-state index in [1.807, 2.05) is 0 Å². The highest BCUT2D eigenvalue weighted by molar-refractivity contribution is 4.49. The average molecular weight is 359 g/mol. The third-order valence-corrected chi connectivity index (χ3v) is 1.14. The summed E-state index contributed by atoms with van der Waals surface area (Å²) >= 11 is 0. The van der Waals surface area contributed by atoms with Crippen LogP contribution in [0.3, 0.4) is 0 Å². The maximum Gasteiger partial charge on any atom is 0.0924 e. The lowest BCUT2D eigenvalue weighted by Gasteiger charge is -2.39. The summed E-state index contributed by atoms with van der Waals surface area (Å²) in [6.07, 6.45) is -42.3. The molecule has 0 aromatic heterocycles. The van der Waals surface area contributed by atoms with E-state index in [9.17, 15) is 0 Å². The summed E-state index contributed by atoms with van der Waals surface area (Å²) in [7, 11) is 0. The van der Waals surface area contributed by atoms with Gasteiger partial charge in [-0.3, -0.25) is 0 Å². The summed E-state index contributed by atoms with van der Waals surface area (Å²) in [5.74, 6) is 0. The van der Waals surface area contributed by atoms with Crippen molar-refractivity contribution in [1.29, 1.82) is 0 Å². The lowest BCUT2D eigenvalue weighted by atomic mass is 10.1. The van der Waals surface area contributed by atoms with Gasteiger partial charge in [0.1, 0.15) is 0 Å². The maximum atomic E-state index is 8.82. The maximum absolute atomic E-state index is 8.82. The fourth-order valence-electron chi connectivity index (χ4n) is 0.615. The van der Waals surface area contributed by atoms with Gasteiger partial charge < -0.3 is 21.5 Å². The second kappa shape index (κ2) is 13.9. The Hall–Kier alpha value is 0.440. The lowest BCUT2D eigenvalue weighted by molar-refractivity contribution is -0.929. The van der Waals surface area contributed by atoms with Gasteiger partial charge in [0, 0.05) is 38.4 Å². The van der Waals surface area contributed by atoms with E-state index in [0.29, 0.717) is 0 Å². The van der Waals surface area contributed by atoms with Gasteiger partial charge in [0.15, 0.2) is 0 Å². The van der Waals surface area contributed by atoms with Crippen LogP contribution < -0.4 is 17.0 Å². The Morgan fingerprint density at radius 1 is 0.667 bits per heavy atom. The van der Waals surface area contributed by atoms with Crippen LogP contribution in [0.25, 0.3) is 0 Å². The third-order valence-electron chi connectivity index (χ3n) is 1.14. The average Bonchev–Trinajstić information content (AvgIpc) is 2.84. The predicted molar refractivity (Wildman–Crippen MR) is 79.4 cm³/mol. The molecule has 0 heterocycles. The molecule has 0 atom stereocenters. The van der Waals surface area contributed by atoms with E-state index in [1.165, 1.54) is 0 Å². The molecule has 0 N–H and O–H groups in total. The van der Waals surface area contributed by atoms with Gasteiger partial charge in [-0.1, -0.05) is 52.9 Å². The number of nitrogens with zero attached hydrogens (tertiary/aromatic N) is 1. The van der Waals surface area contributed by atoms with Gasteiger partial charge in [-0.25, -0.2) is 0 Å². The molecule has 18 heavy (non-hydrogen) atoms. The zero-order chi connectivity index (χ0) is 44.5. The van der Waals surface area contributed by atoms with Crippen LogP contribution in [-0.4, -0.2) is 30.5 Å². The summed E-state index contributed by atoms with van der Waals surface area (Å²) in [5.41, 5.74) is 0. The standard InChI is InChI=1S/C16H36N.BrH/c1-5-9-13-17(14-10-6-2,15-11-7-3)16-12-8-4;/h5-16H2,1-4H3;1H/q+1;/p-1/i1D3,2D3,3D3,4D3,5D2,6D2,7D2,8D2,9D2,10D2,11D2,12D2,13D2,14D2,15D2,16D2;. The highest BCUT2D eigenvalue weighted by Gasteiger charge is 2.24. The fraction of sp³-hybridized carbons (Fsp3) is 1.00. The van der Waals surface area contributed by atoms with Gasteiger partial charge in [-0.05, 0) is 25.5 Å². The van der Waals surface area contributed by atoms with Gasteiger partial charge in [-0.15, -0.1) is 0 Å². The molecule has 1 nitrogen and oxygen atoms in total. The monoisotopic (exact) mass is 357 g/mol. The lowest BCUT2D eigenvalue weighted by Crippen LogP contribution is -3.00. The van der Waals surface area contributed by atoms with Crippen LogP contribution in [0.5, 0.6) is 0 Å². The van der Waals surface area contributed by atoms with Gasteiger partial charge >= 0.3 is 0 Å². The molecule has 0 saturated heterocycles. The summed E-state index contributed by atoms with van der Waals surface area (Å²) in [5, 5.41) is 0. The molecule has 2 heteroatoms. The summed E-state index contributed by atoms with van der Waals surface area (Å²) in [6, 6.07) is 0. The Morgan fingerprint density at radius 2 is 0.944 bits per heavy atom. The van der Waals surface area contributed by atoms with E-state index >= 15 is 0 Å². The first-order chi connectivity index (χ1) is 22.0. The van der Waals surface area contributed by atoms with Crippen molar-refractivity contribution in [1.82, 2.24) is 0 Å². The summed E-state index contributed by atoms with van der Waals surface area (Å²) in [4.78, 5) is 0. The van der Waals surface area contributed by atoms with Crippen LogP contribution in [0.1, 0.15) is 128 Å². The molecule has 0 aromatic rings. The smallest absolute Gasteiger partial charge is 0.0924 e. The molecular formula is C16H36BrN. The Kier molecular flexibility index (Phi) is 1.57. The van der Waals surface area contributed by atoms with Gasteiger partial charge in [-0.2, -0.15) is 0 Å². The largest absolute Gasteiger partial charge is 1.00 e. The zero-order valence-corrected chi connectivity index (χ0v) is 10.4. The van der Waals surface area contributed by atoms with E-state index in [2.05, 4.69) is 0 Å². The van der Waals surface area contributed by atoms with Crippen molar-refractivity contribution in [2.24, 2.45) is 0 Å². The molecule has 0 radical (unpaired) electrons. The number of hydrogen-bond donors (Lipinski definition) is 0. The Bertz CT molecular complexity index is 1130. The van der Waals surface area contributed by atoms with Crippen molar-refractivity contribution in [3.05, 3.63) is 0 Å². The van der Waals surface area contributed by atoms with Crippen LogP contribution in [0.15, 0.2) is 0 Å². The molecule has 0 aromatic carbocycles. The first kappa shape index (κ1) is 2.04. The fourth-order valence-corrected chi connectivity index (χ4v) is 0.615. The normalized spacial score (nSPS) is 53.3. The molecule has 0 fully saturated rings. The van der Waals surface area contributed by atoms with E-state index in [0.717, 1.165) is 0 Å². The van der Waals surface area contributed by atoms with Crippen molar-refractivity contribution < 1.29 is 70.8 Å². The number of halogens is 1. The van der Waals surface area contributed by atoms with Crippen molar-refractivity contribution in [3.8, 4) is 0 Å². The molecule has 0 unspecified atom stereocenters. The number of rotatable bonds is 12. The van der Waals surface area contributed by atoms with E-state index in [1.54, 1.807) is 0 Å². The molecule has 0 spiro atoms. The summed E-state index contributed by atoms with van der Waals surface area (Å²) in [6.45, 7) is -42.6. The third kappa shape index (κ3) is 9.38. The van der Waals surface area contributed by atoms with Crippen LogP contribution in [0, 0.1) is 0 Å². The first-order valence-corrected chi connectivity index (χ1v) is 3.89. The van der Waals surface area contributed by atoms with Crippen molar-refractivity contribution >= 4 is 0 Å². The van der Waals surface area contributed by atoms with E-state index in [-0.39, 0.29) is 17.0 Å². The van der Waals surface area contributed by atoms with Crippen LogP contribution in [0.4, 0.5) is 0 Å². The van der Waals surface area contributed by atoms with E-state index in [4.69, 9.17) is 49.3 Å². The van der Waals surface area contributed by atoms with Crippen LogP contribution in [0.2, 0.25) is 0 Å². The van der Waals surface area contributed by atoms with Crippen molar-refractivity contribution in [2.45, 2.75) is 78.4 Å². The topological polar surface area (TPSA) is 0 Å². The molecule has 0 aliphatic carbocycles. The van der Waals surface area contributed by atoms with Gasteiger partial charge in [0.05, 0.1) is 37.0 Å². The van der Waals surface area contributed by atoms with Gasteiger partial charge in [0.2, 0.25) is 0 Å². The predicted octanol–water partition coefficient (Wildman–Crippen LogP) is 2.01. The second-order valence-corrected chi connectivity index (χ2v) is 2.12. The number of hydrogen-bond acceptors (Lipinski definition) is 0. The van der Waals surface area contributed by atoms with E-state index < -0.39 is 109 Å². The van der Waals surface area contributed by atoms with Gasteiger partial charge in [0.25, 0.3) is 0 Å². The highest BCUT2D eigenvalue weighted by atomic mass is 79.9. The Balaban J connectivity index is 0. The minimum atomic E-state index is -6.06. The highest BCUT2D eigenvalue weighted by Crippen LogP contribution is 2.16. The zero-order valence-electron chi connectivity index (χ0n) is 44.8. The first-order valence-electron chi connectivity index (χ1n) is 21.9.